The first-order valence-corrected chi connectivity index (χ1v) is 7.80. The topological polar surface area (TPSA) is 65.0 Å². The number of para-hydroxylation sites is 1. The Morgan fingerprint density at radius 1 is 1.08 bits per heavy atom. The highest BCUT2D eigenvalue weighted by Crippen LogP contribution is 2.32. The highest BCUT2D eigenvalue weighted by atomic mass is 16.5. The molecule has 128 valence electrons. The van der Waals surface area contributed by atoms with Crippen LogP contribution in [0.25, 0.3) is 0 Å². The van der Waals surface area contributed by atoms with Crippen LogP contribution in [0.15, 0.2) is 42.5 Å². The molecule has 0 heterocycles. The minimum absolute atomic E-state index is 0.0450. The van der Waals surface area contributed by atoms with Crippen LogP contribution in [0.1, 0.15) is 17.5 Å². The first-order chi connectivity index (χ1) is 11.6. The first kappa shape index (κ1) is 17.7. The van der Waals surface area contributed by atoms with Crippen molar-refractivity contribution in [2.24, 2.45) is 0 Å². The molecule has 2 rings (SSSR count). The van der Waals surface area contributed by atoms with Crippen molar-refractivity contribution in [3.8, 4) is 17.2 Å². The molecular formula is C19H22O5. The van der Waals surface area contributed by atoms with Crippen molar-refractivity contribution in [3.63, 3.8) is 0 Å². The summed E-state index contributed by atoms with van der Waals surface area (Å²) in [5.41, 5.74) is 1.95. The molecule has 0 amide bonds. The highest BCUT2D eigenvalue weighted by molar-refractivity contribution is 5.67. The maximum atomic E-state index is 10.8. The highest BCUT2D eigenvalue weighted by Gasteiger charge is 2.12. The van der Waals surface area contributed by atoms with Crippen LogP contribution < -0.4 is 14.2 Å². The monoisotopic (exact) mass is 330 g/mol. The van der Waals surface area contributed by atoms with Gasteiger partial charge in [0.25, 0.3) is 0 Å². The summed E-state index contributed by atoms with van der Waals surface area (Å²) < 4.78 is 16.8. The molecule has 0 unspecified atom stereocenters. The van der Waals surface area contributed by atoms with E-state index in [1.54, 1.807) is 13.2 Å². The molecule has 0 aliphatic heterocycles. The van der Waals surface area contributed by atoms with E-state index in [2.05, 4.69) is 0 Å². The van der Waals surface area contributed by atoms with Gasteiger partial charge in [-0.15, -0.1) is 0 Å². The number of carboxylic acid groups (broad SMARTS) is 1. The van der Waals surface area contributed by atoms with Gasteiger partial charge in [-0.3, -0.25) is 4.79 Å². The Hall–Kier alpha value is -2.69. The van der Waals surface area contributed by atoms with Crippen molar-refractivity contribution >= 4 is 5.97 Å². The number of aryl methyl sites for hydroxylation is 2. The number of benzene rings is 2. The molecule has 5 heteroatoms. The fourth-order valence-corrected chi connectivity index (χ4v) is 2.33. The third-order valence-electron chi connectivity index (χ3n) is 3.48. The Balaban J connectivity index is 1.96. The Bertz CT molecular complexity index is 681. The molecule has 5 nitrogen and oxygen atoms in total. The molecule has 0 aliphatic carbocycles. The lowest BCUT2D eigenvalue weighted by Crippen LogP contribution is -2.11. The van der Waals surface area contributed by atoms with Crippen LogP contribution in [0.2, 0.25) is 0 Å². The lowest BCUT2D eigenvalue weighted by atomic mass is 10.1. The van der Waals surface area contributed by atoms with Crippen molar-refractivity contribution in [3.05, 3.63) is 53.6 Å². The molecule has 0 saturated heterocycles. The molecule has 0 radical (unpaired) electrons. The summed E-state index contributed by atoms with van der Waals surface area (Å²) in [6.07, 6.45) is 0.434. The summed E-state index contributed by atoms with van der Waals surface area (Å²) in [5.74, 6) is 1.12. The maximum absolute atomic E-state index is 10.8. The first-order valence-electron chi connectivity index (χ1n) is 7.80. The number of ether oxygens (including phenoxy) is 3. The Morgan fingerprint density at radius 3 is 2.54 bits per heavy atom. The number of methoxy groups -OCH3 is 1. The number of hydrogen-bond donors (Lipinski definition) is 1. The molecule has 0 saturated carbocycles. The van der Waals surface area contributed by atoms with Gasteiger partial charge in [-0.25, -0.2) is 0 Å². The quantitative estimate of drug-likeness (QED) is 0.713. The summed E-state index contributed by atoms with van der Waals surface area (Å²) in [7, 11) is 1.56. The molecule has 0 spiro atoms. The van der Waals surface area contributed by atoms with Crippen LogP contribution >= 0.6 is 0 Å². The lowest BCUT2D eigenvalue weighted by Gasteiger charge is -2.15. The zero-order chi connectivity index (χ0) is 17.4. The second-order valence-corrected chi connectivity index (χ2v) is 5.36. The van der Waals surface area contributed by atoms with Gasteiger partial charge in [-0.05, 0) is 42.7 Å². The predicted molar refractivity (Wildman–Crippen MR) is 91.1 cm³/mol. The van der Waals surface area contributed by atoms with Crippen molar-refractivity contribution in [2.75, 3.05) is 20.3 Å². The van der Waals surface area contributed by atoms with Gasteiger partial charge in [-0.1, -0.05) is 24.3 Å². The lowest BCUT2D eigenvalue weighted by molar-refractivity contribution is -0.136. The molecular weight excluding hydrogens is 308 g/mol. The normalized spacial score (nSPS) is 10.2. The van der Waals surface area contributed by atoms with Crippen LogP contribution in [-0.2, 0) is 11.2 Å². The zero-order valence-electron chi connectivity index (χ0n) is 14.0. The molecule has 2 aromatic rings. The SMILES string of the molecule is COc1cccc(CCC(=O)O)c1OCCOc1cccc(C)c1. The number of carboxylic acids is 1. The van der Waals surface area contributed by atoms with E-state index in [1.807, 2.05) is 43.3 Å². The summed E-state index contributed by atoms with van der Waals surface area (Å²) in [4.78, 5) is 10.8. The fourth-order valence-electron chi connectivity index (χ4n) is 2.33. The smallest absolute Gasteiger partial charge is 0.303 e. The van der Waals surface area contributed by atoms with Crippen LogP contribution in [0.3, 0.4) is 0 Å². The molecule has 0 aliphatic rings. The van der Waals surface area contributed by atoms with Gasteiger partial charge in [0.05, 0.1) is 7.11 Å². The summed E-state index contributed by atoms with van der Waals surface area (Å²) in [6.45, 7) is 2.74. The van der Waals surface area contributed by atoms with Crippen LogP contribution in [0, 0.1) is 6.92 Å². The number of rotatable bonds is 9. The van der Waals surface area contributed by atoms with E-state index < -0.39 is 5.97 Å². The molecule has 2 aromatic carbocycles. The minimum atomic E-state index is -0.841. The van der Waals surface area contributed by atoms with E-state index in [-0.39, 0.29) is 6.42 Å². The van der Waals surface area contributed by atoms with Gasteiger partial charge in [0.15, 0.2) is 11.5 Å². The van der Waals surface area contributed by atoms with Gasteiger partial charge in [0.2, 0.25) is 0 Å². The molecule has 24 heavy (non-hydrogen) atoms. The molecule has 0 atom stereocenters. The van der Waals surface area contributed by atoms with Crippen LogP contribution in [-0.4, -0.2) is 31.4 Å². The van der Waals surface area contributed by atoms with E-state index in [9.17, 15) is 4.79 Å². The second kappa shape index (κ2) is 8.82. The third-order valence-corrected chi connectivity index (χ3v) is 3.48. The zero-order valence-corrected chi connectivity index (χ0v) is 14.0. The van der Waals surface area contributed by atoms with Gasteiger partial charge in [0.1, 0.15) is 19.0 Å². The predicted octanol–water partition coefficient (Wildman–Crippen LogP) is 3.48. The van der Waals surface area contributed by atoms with Gasteiger partial charge in [-0.2, -0.15) is 0 Å². The van der Waals surface area contributed by atoms with Crippen LogP contribution in [0.4, 0.5) is 0 Å². The van der Waals surface area contributed by atoms with E-state index in [1.165, 1.54) is 0 Å². The van der Waals surface area contributed by atoms with E-state index in [4.69, 9.17) is 19.3 Å². The van der Waals surface area contributed by atoms with Crippen molar-refractivity contribution < 1.29 is 24.1 Å². The summed E-state index contributed by atoms with van der Waals surface area (Å²) >= 11 is 0. The summed E-state index contributed by atoms with van der Waals surface area (Å²) in [5, 5.41) is 8.86. The van der Waals surface area contributed by atoms with Crippen molar-refractivity contribution in [1.82, 2.24) is 0 Å². The van der Waals surface area contributed by atoms with E-state index >= 15 is 0 Å². The Morgan fingerprint density at radius 2 is 1.83 bits per heavy atom. The molecule has 0 bridgehead atoms. The molecule has 1 N–H and O–H groups in total. The van der Waals surface area contributed by atoms with E-state index in [0.29, 0.717) is 31.1 Å². The molecule has 0 fully saturated rings. The largest absolute Gasteiger partial charge is 0.493 e. The Labute approximate surface area is 141 Å². The number of carbonyl (C=O) groups is 1. The number of hydrogen-bond acceptors (Lipinski definition) is 4. The summed E-state index contributed by atoms with van der Waals surface area (Å²) in [6, 6.07) is 13.3. The standard InChI is InChI=1S/C19H22O5/c1-14-5-3-7-16(13-14)23-11-12-24-19-15(9-10-18(20)21)6-4-8-17(19)22-2/h3-8,13H,9-12H2,1-2H3,(H,20,21). The Kier molecular flexibility index (Phi) is 6.49. The maximum Gasteiger partial charge on any atom is 0.303 e. The minimum Gasteiger partial charge on any atom is -0.493 e. The fraction of sp³-hybridized carbons (Fsp3) is 0.316. The van der Waals surface area contributed by atoms with Crippen molar-refractivity contribution in [2.45, 2.75) is 19.8 Å². The van der Waals surface area contributed by atoms with Gasteiger partial charge >= 0.3 is 5.97 Å². The number of aliphatic carboxylic acids is 1. The average Bonchev–Trinajstić information content (AvgIpc) is 2.57. The van der Waals surface area contributed by atoms with Crippen LogP contribution in [0.5, 0.6) is 17.2 Å². The molecule has 0 aromatic heterocycles. The van der Waals surface area contributed by atoms with Gasteiger partial charge in [0, 0.05) is 6.42 Å². The average molecular weight is 330 g/mol. The van der Waals surface area contributed by atoms with Crippen molar-refractivity contribution in [1.29, 1.82) is 0 Å². The van der Waals surface area contributed by atoms with Gasteiger partial charge < -0.3 is 19.3 Å². The third kappa shape index (κ3) is 5.19. The second-order valence-electron chi connectivity index (χ2n) is 5.36. The van der Waals surface area contributed by atoms with E-state index in [0.717, 1.165) is 16.9 Å².